The Bertz CT molecular complexity index is 463. The highest BCUT2D eigenvalue weighted by Crippen LogP contribution is 2.31. The highest BCUT2D eigenvalue weighted by molar-refractivity contribution is 5.99. The van der Waals surface area contributed by atoms with Gasteiger partial charge in [0.1, 0.15) is 0 Å². The van der Waals surface area contributed by atoms with Gasteiger partial charge in [0, 0.05) is 30.5 Å². The van der Waals surface area contributed by atoms with Gasteiger partial charge in [-0.2, -0.15) is 0 Å². The largest absolute Gasteiger partial charge is 0.399 e. The lowest BCUT2D eigenvalue weighted by molar-refractivity contribution is -0.151. The summed E-state index contributed by atoms with van der Waals surface area (Å²) in [6, 6.07) is 7.42. The van der Waals surface area contributed by atoms with Gasteiger partial charge in [0.15, 0.2) is 0 Å². The molecule has 19 heavy (non-hydrogen) atoms. The molecule has 2 amide bonds. The van der Waals surface area contributed by atoms with Gasteiger partial charge in [0.25, 0.3) is 0 Å². The molecule has 1 aliphatic heterocycles. The van der Waals surface area contributed by atoms with Gasteiger partial charge in [-0.15, -0.1) is 0 Å². The fraction of sp³-hybridized carbons (Fsp3) is 0.467. The van der Waals surface area contributed by atoms with Crippen LogP contribution >= 0.6 is 0 Å². The van der Waals surface area contributed by atoms with Crippen molar-refractivity contribution in [1.29, 1.82) is 0 Å². The first-order chi connectivity index (χ1) is 9.02. The zero-order valence-corrected chi connectivity index (χ0v) is 11.4. The number of amides is 2. The Morgan fingerprint density at radius 1 is 1.21 bits per heavy atom. The minimum atomic E-state index is -0.0626. The van der Waals surface area contributed by atoms with Crippen LogP contribution in [0.5, 0.6) is 0 Å². The molecule has 0 aliphatic carbocycles. The van der Waals surface area contributed by atoms with Crippen LogP contribution in [-0.4, -0.2) is 22.8 Å². The lowest BCUT2D eigenvalue weighted by Gasteiger charge is -2.34. The topological polar surface area (TPSA) is 63.4 Å². The van der Waals surface area contributed by atoms with Crippen LogP contribution in [0.15, 0.2) is 24.3 Å². The number of nitrogens with zero attached hydrogens (tertiary/aromatic N) is 1. The molecule has 1 fully saturated rings. The number of nitrogens with two attached hydrogens (primary N) is 1. The van der Waals surface area contributed by atoms with Crippen LogP contribution in [-0.2, 0) is 9.59 Å². The number of likely N-dealkylation sites (tertiary alicyclic amines) is 1. The number of rotatable bonds is 3. The third kappa shape index (κ3) is 2.78. The molecule has 2 N–H and O–H groups in total. The molecule has 4 heteroatoms. The number of carbonyl (C=O) groups excluding carboxylic acids is 2. The molecule has 0 bridgehead atoms. The van der Waals surface area contributed by atoms with Gasteiger partial charge in [0.2, 0.25) is 11.8 Å². The normalized spacial score (nSPS) is 18.7. The van der Waals surface area contributed by atoms with E-state index in [1.54, 1.807) is 0 Å². The van der Waals surface area contributed by atoms with E-state index in [0.717, 1.165) is 12.0 Å². The smallest absolute Gasteiger partial charge is 0.230 e. The van der Waals surface area contributed by atoms with Gasteiger partial charge in [0.05, 0.1) is 0 Å². The lowest BCUT2D eigenvalue weighted by atomic mass is 9.88. The first-order valence-corrected chi connectivity index (χ1v) is 6.73. The van der Waals surface area contributed by atoms with Gasteiger partial charge in [-0.1, -0.05) is 19.1 Å². The Morgan fingerprint density at radius 3 is 2.21 bits per heavy atom. The van der Waals surface area contributed by atoms with E-state index in [4.69, 9.17) is 5.73 Å². The Labute approximate surface area is 113 Å². The van der Waals surface area contributed by atoms with Crippen LogP contribution in [0.4, 0.5) is 5.69 Å². The van der Waals surface area contributed by atoms with Crippen molar-refractivity contribution < 1.29 is 9.59 Å². The fourth-order valence-corrected chi connectivity index (χ4v) is 2.51. The predicted octanol–water partition coefficient (Wildman–Crippen LogP) is 2.30. The van der Waals surface area contributed by atoms with E-state index in [2.05, 4.69) is 0 Å². The SMILES string of the molecule is CCC(C)N1C(=O)CC(c2ccc(N)cc2)CC1=O. The third-order valence-corrected chi connectivity index (χ3v) is 3.82. The summed E-state index contributed by atoms with van der Waals surface area (Å²) in [7, 11) is 0. The minimum absolute atomic E-state index is 0.00707. The van der Waals surface area contributed by atoms with Crippen molar-refractivity contribution >= 4 is 17.5 Å². The molecule has 2 rings (SSSR count). The Morgan fingerprint density at radius 2 is 1.74 bits per heavy atom. The van der Waals surface area contributed by atoms with Crippen molar-refractivity contribution in [1.82, 2.24) is 4.90 Å². The number of imide groups is 1. The molecular weight excluding hydrogens is 240 g/mol. The zero-order chi connectivity index (χ0) is 14.0. The Kier molecular flexibility index (Phi) is 3.88. The second-order valence-corrected chi connectivity index (χ2v) is 5.19. The molecule has 0 aromatic heterocycles. The number of anilines is 1. The molecule has 1 aromatic carbocycles. The van der Waals surface area contributed by atoms with E-state index in [0.29, 0.717) is 18.5 Å². The second kappa shape index (κ2) is 5.43. The molecule has 1 atom stereocenters. The number of piperidine rings is 1. The summed E-state index contributed by atoms with van der Waals surface area (Å²) < 4.78 is 0. The number of benzene rings is 1. The maximum Gasteiger partial charge on any atom is 0.230 e. The van der Waals surface area contributed by atoms with E-state index in [-0.39, 0.29) is 23.8 Å². The van der Waals surface area contributed by atoms with Gasteiger partial charge in [-0.25, -0.2) is 0 Å². The van der Waals surface area contributed by atoms with Crippen molar-refractivity contribution in [2.45, 2.75) is 45.1 Å². The number of nitrogen functional groups attached to an aromatic ring is 1. The number of carbonyl (C=O) groups is 2. The molecule has 1 aliphatic rings. The van der Waals surface area contributed by atoms with Gasteiger partial charge < -0.3 is 5.73 Å². The summed E-state index contributed by atoms with van der Waals surface area (Å²) in [4.78, 5) is 25.7. The van der Waals surface area contributed by atoms with Crippen LogP contribution in [0, 0.1) is 0 Å². The summed E-state index contributed by atoms with van der Waals surface area (Å²) in [5.41, 5.74) is 7.36. The van der Waals surface area contributed by atoms with E-state index < -0.39 is 0 Å². The molecule has 1 heterocycles. The van der Waals surface area contributed by atoms with Crippen LogP contribution in [0.2, 0.25) is 0 Å². The first-order valence-electron chi connectivity index (χ1n) is 6.73. The third-order valence-electron chi connectivity index (χ3n) is 3.82. The van der Waals surface area contributed by atoms with Gasteiger partial charge >= 0.3 is 0 Å². The van der Waals surface area contributed by atoms with E-state index in [1.807, 2.05) is 38.1 Å². The first kappa shape index (κ1) is 13.6. The van der Waals surface area contributed by atoms with Crippen molar-refractivity contribution in [2.24, 2.45) is 0 Å². The number of hydrogen-bond acceptors (Lipinski definition) is 3. The highest BCUT2D eigenvalue weighted by Gasteiger charge is 2.35. The van der Waals surface area contributed by atoms with Crippen molar-refractivity contribution in [3.05, 3.63) is 29.8 Å². The van der Waals surface area contributed by atoms with Crippen LogP contribution in [0.1, 0.15) is 44.6 Å². The summed E-state index contributed by atoms with van der Waals surface area (Å²) >= 11 is 0. The molecular formula is C15H20N2O2. The maximum absolute atomic E-state index is 12.1. The standard InChI is InChI=1S/C15H20N2O2/c1-3-10(2)17-14(18)8-12(9-15(17)19)11-4-6-13(16)7-5-11/h4-7,10,12H,3,8-9,16H2,1-2H3. The average molecular weight is 260 g/mol. The lowest BCUT2D eigenvalue weighted by Crippen LogP contribution is -2.47. The van der Waals surface area contributed by atoms with Crippen molar-refractivity contribution in [3.63, 3.8) is 0 Å². The molecule has 0 spiro atoms. The van der Waals surface area contributed by atoms with E-state index >= 15 is 0 Å². The van der Waals surface area contributed by atoms with Crippen molar-refractivity contribution in [2.75, 3.05) is 5.73 Å². The summed E-state index contributed by atoms with van der Waals surface area (Å²) in [6.45, 7) is 3.90. The Hall–Kier alpha value is -1.84. The van der Waals surface area contributed by atoms with Gasteiger partial charge in [-0.05, 0) is 31.0 Å². The van der Waals surface area contributed by atoms with Crippen LogP contribution in [0.3, 0.4) is 0 Å². The quantitative estimate of drug-likeness (QED) is 0.670. The monoisotopic (exact) mass is 260 g/mol. The maximum atomic E-state index is 12.1. The summed E-state index contributed by atoms with van der Waals surface area (Å²) in [5.74, 6) is -0.138. The predicted molar refractivity (Wildman–Crippen MR) is 74.4 cm³/mol. The molecule has 1 saturated heterocycles. The molecule has 4 nitrogen and oxygen atoms in total. The summed E-state index contributed by atoms with van der Waals surface area (Å²) in [5, 5.41) is 0. The molecule has 0 saturated carbocycles. The van der Waals surface area contributed by atoms with Gasteiger partial charge in [-0.3, -0.25) is 14.5 Å². The average Bonchev–Trinajstić information content (AvgIpc) is 2.38. The van der Waals surface area contributed by atoms with Crippen LogP contribution < -0.4 is 5.73 Å². The second-order valence-electron chi connectivity index (χ2n) is 5.19. The molecule has 102 valence electrons. The Balaban J connectivity index is 2.15. The van der Waals surface area contributed by atoms with E-state index in [1.165, 1.54) is 4.90 Å². The highest BCUT2D eigenvalue weighted by atomic mass is 16.2. The zero-order valence-electron chi connectivity index (χ0n) is 11.4. The molecule has 1 aromatic rings. The fourth-order valence-electron chi connectivity index (χ4n) is 2.51. The minimum Gasteiger partial charge on any atom is -0.399 e. The molecule has 0 radical (unpaired) electrons. The van der Waals surface area contributed by atoms with Crippen molar-refractivity contribution in [3.8, 4) is 0 Å². The summed E-state index contributed by atoms with van der Waals surface area (Å²) in [6.07, 6.45) is 1.60. The van der Waals surface area contributed by atoms with E-state index in [9.17, 15) is 9.59 Å². The van der Waals surface area contributed by atoms with Crippen LogP contribution in [0.25, 0.3) is 0 Å². The number of hydrogen-bond donors (Lipinski definition) is 1. The molecule has 1 unspecified atom stereocenters.